The molecule has 0 radical (unpaired) electrons. The fraction of sp³-hybridized carbons (Fsp3) is 0.316. The van der Waals surface area contributed by atoms with E-state index in [4.69, 9.17) is 0 Å². The van der Waals surface area contributed by atoms with Crippen molar-refractivity contribution in [3.8, 4) is 0 Å². The van der Waals surface area contributed by atoms with Crippen LogP contribution in [-0.4, -0.2) is 21.0 Å². The van der Waals surface area contributed by atoms with E-state index in [1.807, 2.05) is 44.2 Å². The molecule has 0 saturated carbocycles. The molecule has 0 aliphatic heterocycles. The van der Waals surface area contributed by atoms with Gasteiger partial charge in [-0.15, -0.1) is 11.3 Å². The van der Waals surface area contributed by atoms with Gasteiger partial charge in [0.25, 0.3) is 0 Å². The topological polar surface area (TPSA) is 42.9 Å². The molecule has 2 aromatic heterocycles. The second-order valence-electron chi connectivity index (χ2n) is 6.10. The summed E-state index contributed by atoms with van der Waals surface area (Å²) in [5.74, 6) is 0.932. The third-order valence-corrected chi connectivity index (χ3v) is 6.63. The van der Waals surface area contributed by atoms with Crippen molar-refractivity contribution >= 4 is 39.1 Å². The van der Waals surface area contributed by atoms with Gasteiger partial charge >= 0.3 is 0 Å². The van der Waals surface area contributed by atoms with Crippen LogP contribution in [0.4, 0.5) is 0 Å². The summed E-state index contributed by atoms with van der Waals surface area (Å²) < 4.78 is 0. The number of Topliss-reactive ketones (excluding diaryl/α,β-unsaturated/α-hetero) is 1. The average Bonchev–Trinajstić information content (AvgIpc) is 3.15. The summed E-state index contributed by atoms with van der Waals surface area (Å²) in [6, 6.07) is 9.50. The van der Waals surface area contributed by atoms with Crippen molar-refractivity contribution in [2.45, 2.75) is 43.4 Å². The Bertz CT molecular complexity index is 918. The van der Waals surface area contributed by atoms with Gasteiger partial charge in [-0.3, -0.25) is 4.79 Å². The van der Waals surface area contributed by atoms with Crippen LogP contribution >= 0.6 is 23.1 Å². The molecule has 3 nitrogen and oxygen atoms in total. The third kappa shape index (κ3) is 2.76. The van der Waals surface area contributed by atoms with Crippen LogP contribution in [0, 0.1) is 6.92 Å². The van der Waals surface area contributed by atoms with Crippen LogP contribution < -0.4 is 0 Å². The molecule has 2 heterocycles. The largest absolute Gasteiger partial charge is 0.293 e. The van der Waals surface area contributed by atoms with Crippen LogP contribution in [0.3, 0.4) is 0 Å². The van der Waals surface area contributed by atoms with E-state index >= 15 is 0 Å². The van der Waals surface area contributed by atoms with E-state index in [1.54, 1.807) is 23.1 Å². The Hall–Kier alpha value is -1.72. The monoisotopic (exact) mass is 354 g/mol. The Morgan fingerprint density at radius 2 is 2.00 bits per heavy atom. The molecule has 0 amide bonds. The molecule has 1 aromatic carbocycles. The summed E-state index contributed by atoms with van der Waals surface area (Å²) in [5.41, 5.74) is 2.17. The van der Waals surface area contributed by atoms with Crippen molar-refractivity contribution in [3.63, 3.8) is 0 Å². The molecule has 1 aliphatic carbocycles. The number of nitrogens with zero attached hydrogens (tertiary/aromatic N) is 2. The number of ketones is 1. The highest BCUT2D eigenvalue weighted by molar-refractivity contribution is 8.00. The highest BCUT2D eigenvalue weighted by Gasteiger charge is 2.24. The zero-order valence-electron chi connectivity index (χ0n) is 13.7. The number of benzene rings is 1. The lowest BCUT2D eigenvalue weighted by Crippen LogP contribution is -2.13. The van der Waals surface area contributed by atoms with Gasteiger partial charge in [0.2, 0.25) is 0 Å². The van der Waals surface area contributed by atoms with Crippen LogP contribution in [-0.2, 0) is 12.8 Å². The highest BCUT2D eigenvalue weighted by atomic mass is 32.2. The first-order valence-corrected chi connectivity index (χ1v) is 9.88. The first kappa shape index (κ1) is 15.8. The lowest BCUT2D eigenvalue weighted by Gasteiger charge is -2.11. The Morgan fingerprint density at radius 3 is 2.79 bits per heavy atom. The first-order chi connectivity index (χ1) is 11.6. The number of hydrogen-bond donors (Lipinski definition) is 0. The second kappa shape index (κ2) is 6.30. The second-order valence-corrected chi connectivity index (χ2v) is 8.52. The van der Waals surface area contributed by atoms with E-state index in [9.17, 15) is 4.79 Å². The van der Waals surface area contributed by atoms with Crippen molar-refractivity contribution in [3.05, 3.63) is 52.2 Å². The van der Waals surface area contributed by atoms with E-state index in [-0.39, 0.29) is 11.0 Å². The van der Waals surface area contributed by atoms with Crippen LogP contribution in [0.2, 0.25) is 0 Å². The minimum absolute atomic E-state index is 0.150. The molecular weight excluding hydrogens is 336 g/mol. The van der Waals surface area contributed by atoms with Crippen molar-refractivity contribution in [2.24, 2.45) is 0 Å². The smallest absolute Gasteiger partial charge is 0.175 e. The summed E-state index contributed by atoms with van der Waals surface area (Å²) in [7, 11) is 0. The Morgan fingerprint density at radius 1 is 1.21 bits per heavy atom. The minimum atomic E-state index is -0.165. The van der Waals surface area contributed by atoms with Crippen LogP contribution in [0.1, 0.15) is 40.0 Å². The van der Waals surface area contributed by atoms with Gasteiger partial charge in [-0.25, -0.2) is 9.97 Å². The zero-order valence-corrected chi connectivity index (χ0v) is 15.3. The fourth-order valence-electron chi connectivity index (χ4n) is 3.21. The predicted octanol–water partition coefficient (Wildman–Crippen LogP) is 4.85. The molecule has 0 saturated heterocycles. The summed E-state index contributed by atoms with van der Waals surface area (Å²) in [4.78, 5) is 24.5. The van der Waals surface area contributed by atoms with E-state index in [0.717, 1.165) is 34.1 Å². The van der Waals surface area contributed by atoms with Crippen LogP contribution in [0.25, 0.3) is 10.2 Å². The molecular formula is C19H18N2OS2. The van der Waals surface area contributed by atoms with Gasteiger partial charge in [0.15, 0.2) is 5.78 Å². The van der Waals surface area contributed by atoms with Crippen molar-refractivity contribution in [2.75, 3.05) is 0 Å². The van der Waals surface area contributed by atoms with Gasteiger partial charge in [-0.1, -0.05) is 42.1 Å². The van der Waals surface area contributed by atoms with E-state index in [0.29, 0.717) is 0 Å². The normalized spacial score (nSPS) is 14.8. The van der Waals surface area contributed by atoms with Gasteiger partial charge in [-0.2, -0.15) is 0 Å². The molecule has 0 fully saturated rings. The summed E-state index contributed by atoms with van der Waals surface area (Å²) in [6.45, 7) is 3.90. The lowest BCUT2D eigenvalue weighted by atomic mass is 10.1. The molecule has 4 rings (SSSR count). The number of hydrogen-bond acceptors (Lipinski definition) is 5. The quantitative estimate of drug-likeness (QED) is 0.381. The molecule has 0 bridgehead atoms. The van der Waals surface area contributed by atoms with Crippen LogP contribution in [0.5, 0.6) is 0 Å². The van der Waals surface area contributed by atoms with Gasteiger partial charge < -0.3 is 0 Å². The number of fused-ring (bicyclic) bond motifs is 3. The maximum Gasteiger partial charge on any atom is 0.175 e. The van der Waals surface area contributed by atoms with Crippen LogP contribution in [0.15, 0.2) is 35.4 Å². The molecule has 5 heteroatoms. The zero-order chi connectivity index (χ0) is 16.7. The van der Waals surface area contributed by atoms with Gasteiger partial charge in [0, 0.05) is 15.8 Å². The number of carbonyl (C=O) groups is 1. The minimum Gasteiger partial charge on any atom is -0.293 e. The molecule has 1 atom stereocenters. The standard InChI is InChI=1S/C19H18N2OS2/c1-11(17(22)13-7-4-3-5-8-13)23-18-16-14-9-6-10-15(14)24-19(16)21-12(2)20-18/h3-5,7-8,11H,6,9-10H2,1-2H3/t11-/m0/s1. The van der Waals surface area contributed by atoms with E-state index in [1.165, 1.54) is 22.2 Å². The number of thioether (sulfide) groups is 1. The molecule has 0 unspecified atom stereocenters. The number of rotatable bonds is 4. The summed E-state index contributed by atoms with van der Waals surface area (Å²) in [6.07, 6.45) is 3.47. The summed E-state index contributed by atoms with van der Waals surface area (Å²) in [5, 5.41) is 1.99. The molecule has 0 spiro atoms. The number of carbonyl (C=O) groups excluding carboxylic acids is 1. The van der Waals surface area contributed by atoms with Gasteiger partial charge in [0.1, 0.15) is 15.7 Å². The number of aromatic nitrogens is 2. The first-order valence-electron chi connectivity index (χ1n) is 8.18. The maximum absolute atomic E-state index is 12.7. The molecule has 24 heavy (non-hydrogen) atoms. The lowest BCUT2D eigenvalue weighted by molar-refractivity contribution is 0.0994. The Balaban J connectivity index is 1.70. The number of thiophene rings is 1. The average molecular weight is 355 g/mol. The molecule has 122 valence electrons. The third-order valence-electron chi connectivity index (χ3n) is 4.36. The Labute approximate surface area is 149 Å². The summed E-state index contributed by atoms with van der Waals surface area (Å²) >= 11 is 3.36. The SMILES string of the molecule is Cc1nc(S[C@@H](C)C(=O)c2ccccc2)c2c3c(sc2n1)CCC3. The predicted molar refractivity (Wildman–Crippen MR) is 100 cm³/mol. The van der Waals surface area contributed by atoms with Crippen molar-refractivity contribution in [1.82, 2.24) is 9.97 Å². The number of aryl methyl sites for hydroxylation is 3. The van der Waals surface area contributed by atoms with E-state index < -0.39 is 0 Å². The molecule has 0 N–H and O–H groups in total. The molecule has 1 aliphatic rings. The van der Waals surface area contributed by atoms with Crippen molar-refractivity contribution in [1.29, 1.82) is 0 Å². The highest BCUT2D eigenvalue weighted by Crippen LogP contribution is 2.41. The van der Waals surface area contributed by atoms with E-state index in [2.05, 4.69) is 9.97 Å². The fourth-order valence-corrected chi connectivity index (χ4v) is 5.68. The van der Waals surface area contributed by atoms with Gasteiger partial charge in [0.05, 0.1) is 5.25 Å². The van der Waals surface area contributed by atoms with Gasteiger partial charge in [-0.05, 0) is 38.7 Å². The Kier molecular flexibility index (Phi) is 4.14. The van der Waals surface area contributed by atoms with Crippen molar-refractivity contribution < 1.29 is 4.79 Å². The maximum atomic E-state index is 12.7. The molecule has 3 aromatic rings.